The Morgan fingerprint density at radius 1 is 1.15 bits per heavy atom. The number of hydrogen-bond acceptors (Lipinski definition) is 3. The van der Waals surface area contributed by atoms with Gasteiger partial charge in [0.15, 0.2) is 5.78 Å². The van der Waals surface area contributed by atoms with Gasteiger partial charge in [-0.1, -0.05) is 49.4 Å². The molecule has 1 aliphatic heterocycles. The van der Waals surface area contributed by atoms with Crippen molar-refractivity contribution in [2.24, 2.45) is 11.7 Å². The standard InChI is InChI=1S/C21H23FN2O2/c1-14(21(26)16-8-5-9-17(22)11-16)10-20(25)24-12-18(19(23)13-24)15-6-3-2-4-7-15/h2-9,11,14,18-19H,10,12-13,23H2,1H3/t14?,18-,19+/m0/s1. The summed E-state index contributed by atoms with van der Waals surface area (Å²) < 4.78 is 13.3. The van der Waals surface area contributed by atoms with Gasteiger partial charge in [0.2, 0.25) is 5.91 Å². The van der Waals surface area contributed by atoms with Gasteiger partial charge in [-0.3, -0.25) is 9.59 Å². The Kier molecular flexibility index (Phi) is 5.47. The summed E-state index contributed by atoms with van der Waals surface area (Å²) in [6, 6.07) is 15.4. The number of carbonyl (C=O) groups excluding carboxylic acids is 2. The molecule has 3 atom stereocenters. The van der Waals surface area contributed by atoms with Crippen LogP contribution in [0.1, 0.15) is 35.2 Å². The predicted octanol–water partition coefficient (Wildman–Crippen LogP) is 2.99. The Morgan fingerprint density at radius 3 is 2.58 bits per heavy atom. The molecular formula is C21H23FN2O2. The molecule has 1 saturated heterocycles. The Hall–Kier alpha value is -2.53. The lowest BCUT2D eigenvalue weighted by molar-refractivity contribution is -0.130. The van der Waals surface area contributed by atoms with Crippen molar-refractivity contribution in [2.45, 2.75) is 25.3 Å². The minimum atomic E-state index is -0.503. The van der Waals surface area contributed by atoms with E-state index in [1.54, 1.807) is 17.9 Å². The van der Waals surface area contributed by atoms with Gasteiger partial charge in [-0.15, -0.1) is 0 Å². The normalized spacial score (nSPS) is 20.8. The Balaban J connectivity index is 1.62. The van der Waals surface area contributed by atoms with Crippen molar-refractivity contribution in [1.29, 1.82) is 0 Å². The lowest BCUT2D eigenvalue weighted by Crippen LogP contribution is -2.33. The van der Waals surface area contributed by atoms with E-state index < -0.39 is 11.7 Å². The number of nitrogens with zero attached hydrogens (tertiary/aromatic N) is 1. The fraction of sp³-hybridized carbons (Fsp3) is 0.333. The number of hydrogen-bond donors (Lipinski definition) is 1. The van der Waals surface area contributed by atoms with Crippen LogP contribution in [0.3, 0.4) is 0 Å². The van der Waals surface area contributed by atoms with E-state index in [1.807, 2.05) is 30.3 Å². The van der Waals surface area contributed by atoms with Crippen LogP contribution in [0.5, 0.6) is 0 Å². The number of benzene rings is 2. The molecule has 3 rings (SSSR count). The molecular weight excluding hydrogens is 331 g/mol. The number of amides is 1. The number of Topliss-reactive ketones (excluding diaryl/α,β-unsaturated/α-hetero) is 1. The molecule has 1 aliphatic rings. The van der Waals surface area contributed by atoms with Gasteiger partial charge in [0, 0.05) is 43.0 Å². The fourth-order valence-corrected chi connectivity index (χ4v) is 3.50. The predicted molar refractivity (Wildman–Crippen MR) is 98.2 cm³/mol. The van der Waals surface area contributed by atoms with Crippen LogP contribution in [-0.4, -0.2) is 35.7 Å². The van der Waals surface area contributed by atoms with E-state index in [4.69, 9.17) is 5.73 Å². The van der Waals surface area contributed by atoms with Gasteiger partial charge in [0.1, 0.15) is 5.82 Å². The summed E-state index contributed by atoms with van der Waals surface area (Å²) in [5.74, 6) is -1.16. The quantitative estimate of drug-likeness (QED) is 0.840. The van der Waals surface area contributed by atoms with Crippen LogP contribution in [0, 0.1) is 11.7 Å². The smallest absolute Gasteiger partial charge is 0.223 e. The summed E-state index contributed by atoms with van der Waals surface area (Å²) in [6.07, 6.45) is 0.101. The largest absolute Gasteiger partial charge is 0.340 e. The number of nitrogens with two attached hydrogens (primary N) is 1. The average molecular weight is 354 g/mol. The Bertz CT molecular complexity index is 794. The fourth-order valence-electron chi connectivity index (χ4n) is 3.50. The van der Waals surface area contributed by atoms with Crippen LogP contribution >= 0.6 is 0 Å². The van der Waals surface area contributed by atoms with Gasteiger partial charge in [0.25, 0.3) is 0 Å². The topological polar surface area (TPSA) is 63.4 Å². The zero-order valence-corrected chi connectivity index (χ0v) is 14.8. The van der Waals surface area contributed by atoms with E-state index in [0.717, 1.165) is 5.56 Å². The van der Waals surface area contributed by atoms with Crippen LogP contribution in [0.4, 0.5) is 4.39 Å². The summed E-state index contributed by atoms with van der Waals surface area (Å²) in [7, 11) is 0. The van der Waals surface area contributed by atoms with Crippen LogP contribution in [0.2, 0.25) is 0 Å². The van der Waals surface area contributed by atoms with Crippen LogP contribution < -0.4 is 5.73 Å². The first-order chi connectivity index (χ1) is 12.5. The van der Waals surface area contributed by atoms with Crippen molar-refractivity contribution in [3.8, 4) is 0 Å². The van der Waals surface area contributed by atoms with Crippen molar-refractivity contribution in [3.63, 3.8) is 0 Å². The molecule has 136 valence electrons. The SMILES string of the molecule is CC(CC(=O)N1C[C@@H](N)[C@H](c2ccccc2)C1)C(=O)c1cccc(F)c1. The van der Waals surface area contributed by atoms with E-state index in [9.17, 15) is 14.0 Å². The summed E-state index contributed by atoms with van der Waals surface area (Å²) in [6.45, 7) is 2.75. The first-order valence-corrected chi connectivity index (χ1v) is 8.84. The maximum absolute atomic E-state index is 13.3. The molecule has 1 fully saturated rings. The zero-order chi connectivity index (χ0) is 18.7. The van der Waals surface area contributed by atoms with Gasteiger partial charge in [-0.25, -0.2) is 4.39 Å². The molecule has 0 bridgehead atoms. The van der Waals surface area contributed by atoms with Crippen molar-refractivity contribution in [2.75, 3.05) is 13.1 Å². The van der Waals surface area contributed by atoms with Crippen LogP contribution in [0.25, 0.3) is 0 Å². The van der Waals surface area contributed by atoms with Crippen molar-refractivity contribution < 1.29 is 14.0 Å². The van der Waals surface area contributed by atoms with Crippen molar-refractivity contribution >= 4 is 11.7 Å². The van der Waals surface area contributed by atoms with E-state index in [1.165, 1.54) is 18.2 Å². The van der Waals surface area contributed by atoms with Gasteiger partial charge in [-0.2, -0.15) is 0 Å². The summed E-state index contributed by atoms with van der Waals surface area (Å²) >= 11 is 0. The van der Waals surface area contributed by atoms with Gasteiger partial charge in [-0.05, 0) is 17.7 Å². The molecule has 2 N–H and O–H groups in total. The molecule has 2 aromatic carbocycles. The number of halogens is 1. The summed E-state index contributed by atoms with van der Waals surface area (Å²) in [5.41, 5.74) is 7.66. The van der Waals surface area contributed by atoms with Gasteiger partial charge < -0.3 is 10.6 Å². The number of carbonyl (C=O) groups is 2. The molecule has 4 nitrogen and oxygen atoms in total. The highest BCUT2D eigenvalue weighted by molar-refractivity contribution is 5.99. The highest BCUT2D eigenvalue weighted by atomic mass is 19.1. The van der Waals surface area contributed by atoms with E-state index >= 15 is 0 Å². The molecule has 0 radical (unpaired) electrons. The van der Waals surface area contributed by atoms with E-state index in [2.05, 4.69) is 0 Å². The van der Waals surface area contributed by atoms with Crippen molar-refractivity contribution in [1.82, 2.24) is 4.90 Å². The third-order valence-electron chi connectivity index (χ3n) is 4.98. The summed E-state index contributed by atoms with van der Waals surface area (Å²) in [4.78, 5) is 26.8. The third kappa shape index (κ3) is 3.99. The lowest BCUT2D eigenvalue weighted by atomic mass is 9.95. The minimum Gasteiger partial charge on any atom is -0.340 e. The zero-order valence-electron chi connectivity index (χ0n) is 14.8. The molecule has 1 amide bonds. The third-order valence-corrected chi connectivity index (χ3v) is 4.98. The van der Waals surface area contributed by atoms with E-state index in [-0.39, 0.29) is 30.1 Å². The first kappa shape index (κ1) is 18.3. The molecule has 1 unspecified atom stereocenters. The first-order valence-electron chi connectivity index (χ1n) is 8.84. The number of likely N-dealkylation sites (tertiary alicyclic amines) is 1. The van der Waals surface area contributed by atoms with Crippen LogP contribution in [0.15, 0.2) is 54.6 Å². The van der Waals surface area contributed by atoms with Gasteiger partial charge >= 0.3 is 0 Å². The average Bonchev–Trinajstić information content (AvgIpc) is 3.03. The van der Waals surface area contributed by atoms with Gasteiger partial charge in [0.05, 0.1) is 0 Å². The second kappa shape index (κ2) is 7.79. The maximum atomic E-state index is 13.3. The highest BCUT2D eigenvalue weighted by Gasteiger charge is 2.34. The molecule has 0 aliphatic carbocycles. The monoisotopic (exact) mass is 354 g/mol. The molecule has 26 heavy (non-hydrogen) atoms. The number of ketones is 1. The molecule has 1 heterocycles. The molecule has 2 aromatic rings. The highest BCUT2D eigenvalue weighted by Crippen LogP contribution is 2.27. The molecule has 0 aromatic heterocycles. The minimum absolute atomic E-state index is 0.0869. The number of rotatable bonds is 5. The second-order valence-corrected chi connectivity index (χ2v) is 6.96. The molecule has 0 saturated carbocycles. The van der Waals surface area contributed by atoms with Crippen LogP contribution in [-0.2, 0) is 4.79 Å². The lowest BCUT2D eigenvalue weighted by Gasteiger charge is -2.19. The maximum Gasteiger partial charge on any atom is 0.223 e. The summed E-state index contributed by atoms with van der Waals surface area (Å²) in [5, 5.41) is 0. The van der Waals surface area contributed by atoms with E-state index in [0.29, 0.717) is 18.7 Å². The molecule has 5 heteroatoms. The Labute approximate surface area is 152 Å². The van der Waals surface area contributed by atoms with Crippen molar-refractivity contribution in [3.05, 3.63) is 71.5 Å². The Morgan fingerprint density at radius 2 is 1.88 bits per heavy atom. The second-order valence-electron chi connectivity index (χ2n) is 6.96. The molecule has 0 spiro atoms.